The molecule has 0 bridgehead atoms. The molecule has 5 nitrogen and oxygen atoms in total. The number of nitrogens with one attached hydrogen (secondary N) is 1. The van der Waals surface area contributed by atoms with Crippen LogP contribution in [0, 0.1) is 19.7 Å². The van der Waals surface area contributed by atoms with Gasteiger partial charge in [-0.15, -0.1) is 0 Å². The normalized spacial score (nSPS) is 12.5. The Morgan fingerprint density at radius 2 is 1.87 bits per heavy atom. The van der Waals surface area contributed by atoms with Crippen molar-refractivity contribution >= 4 is 22.9 Å². The number of amides is 1. The summed E-state index contributed by atoms with van der Waals surface area (Å²) in [6.07, 6.45) is 0.945. The Labute approximate surface area is 173 Å². The van der Waals surface area contributed by atoms with Crippen LogP contribution in [-0.2, 0) is 11.3 Å². The van der Waals surface area contributed by atoms with E-state index in [1.807, 2.05) is 32.0 Å². The number of fused-ring (bicyclic) bond motifs is 1. The van der Waals surface area contributed by atoms with E-state index in [4.69, 9.17) is 0 Å². The second-order valence-electron chi connectivity index (χ2n) is 7.31. The van der Waals surface area contributed by atoms with Crippen LogP contribution in [0.3, 0.4) is 0 Å². The zero-order valence-corrected chi connectivity index (χ0v) is 17.3. The standard InChI is InChI=1S/C23H23F2N3O2/c1-13-7-14(2)9-16(8-13)12-28-22(15(3)24)27-20-11-19(25)17(5-6-21(29)26-4)10-18(20)23(28)30/h5-11,15H,12H2,1-4H3,(H,26,29)/b6-5+. The summed E-state index contributed by atoms with van der Waals surface area (Å²) in [5, 5.41) is 2.55. The lowest BCUT2D eigenvalue weighted by atomic mass is 10.1. The minimum absolute atomic E-state index is 0.0558. The molecule has 0 saturated heterocycles. The van der Waals surface area contributed by atoms with Gasteiger partial charge >= 0.3 is 0 Å². The summed E-state index contributed by atoms with van der Waals surface area (Å²) in [4.78, 5) is 28.9. The number of alkyl halides is 1. The quantitative estimate of drug-likeness (QED) is 0.646. The van der Waals surface area contributed by atoms with E-state index in [-0.39, 0.29) is 28.8 Å². The van der Waals surface area contributed by atoms with E-state index in [9.17, 15) is 18.4 Å². The van der Waals surface area contributed by atoms with E-state index in [1.165, 1.54) is 36.8 Å². The second-order valence-corrected chi connectivity index (χ2v) is 7.31. The Morgan fingerprint density at radius 1 is 1.20 bits per heavy atom. The fourth-order valence-corrected chi connectivity index (χ4v) is 3.45. The molecule has 1 unspecified atom stereocenters. The van der Waals surface area contributed by atoms with Crippen molar-refractivity contribution in [1.29, 1.82) is 0 Å². The van der Waals surface area contributed by atoms with Crippen molar-refractivity contribution in [2.24, 2.45) is 0 Å². The zero-order chi connectivity index (χ0) is 22.0. The van der Waals surface area contributed by atoms with Crippen LogP contribution in [0.15, 0.2) is 41.2 Å². The Morgan fingerprint density at radius 3 is 2.47 bits per heavy atom. The van der Waals surface area contributed by atoms with Crippen LogP contribution in [0.2, 0.25) is 0 Å². The molecule has 3 aromatic rings. The van der Waals surface area contributed by atoms with Crippen LogP contribution in [-0.4, -0.2) is 22.5 Å². The lowest BCUT2D eigenvalue weighted by Gasteiger charge is -2.15. The molecule has 3 rings (SSSR count). The van der Waals surface area contributed by atoms with Crippen molar-refractivity contribution in [2.75, 3.05) is 7.05 Å². The highest BCUT2D eigenvalue weighted by molar-refractivity contribution is 5.92. The summed E-state index contributed by atoms with van der Waals surface area (Å²) in [5.41, 5.74) is 2.60. The first-order valence-electron chi connectivity index (χ1n) is 9.54. The fraction of sp³-hybridized carbons (Fsp3) is 0.261. The van der Waals surface area contributed by atoms with Gasteiger partial charge in [-0.05, 0) is 38.5 Å². The van der Waals surface area contributed by atoms with E-state index < -0.39 is 23.5 Å². The molecular formula is C23H23F2N3O2. The van der Waals surface area contributed by atoms with E-state index in [0.717, 1.165) is 22.8 Å². The molecule has 1 atom stereocenters. The molecular weight excluding hydrogens is 388 g/mol. The average molecular weight is 411 g/mol. The summed E-state index contributed by atoms with van der Waals surface area (Å²) in [6.45, 7) is 5.34. The highest BCUT2D eigenvalue weighted by Gasteiger charge is 2.18. The first-order chi connectivity index (χ1) is 14.2. The topological polar surface area (TPSA) is 64.0 Å². The molecule has 0 aliphatic rings. The third-order valence-corrected chi connectivity index (χ3v) is 4.74. The Bertz CT molecular complexity index is 1190. The monoisotopic (exact) mass is 411 g/mol. The van der Waals surface area contributed by atoms with Crippen LogP contribution in [0.1, 0.15) is 41.2 Å². The number of hydrogen-bond donors (Lipinski definition) is 1. The molecule has 1 aromatic heterocycles. The zero-order valence-electron chi connectivity index (χ0n) is 17.3. The molecule has 30 heavy (non-hydrogen) atoms. The van der Waals surface area contributed by atoms with Gasteiger partial charge in [0.15, 0.2) is 6.17 Å². The van der Waals surface area contributed by atoms with E-state index in [2.05, 4.69) is 10.3 Å². The number of carbonyl (C=O) groups is 1. The van der Waals surface area contributed by atoms with Crippen molar-refractivity contribution in [3.8, 4) is 0 Å². The molecule has 0 radical (unpaired) electrons. The van der Waals surface area contributed by atoms with E-state index >= 15 is 0 Å². The number of rotatable bonds is 5. The van der Waals surface area contributed by atoms with Gasteiger partial charge in [-0.25, -0.2) is 13.8 Å². The number of halogens is 2. The lowest BCUT2D eigenvalue weighted by molar-refractivity contribution is -0.115. The Hall–Kier alpha value is -3.35. The van der Waals surface area contributed by atoms with E-state index in [0.29, 0.717) is 0 Å². The number of aromatic nitrogens is 2. The smallest absolute Gasteiger partial charge is 0.261 e. The van der Waals surface area contributed by atoms with Crippen LogP contribution in [0.4, 0.5) is 8.78 Å². The van der Waals surface area contributed by atoms with Gasteiger partial charge in [0.1, 0.15) is 11.6 Å². The predicted octanol–water partition coefficient (Wildman–Crippen LogP) is 3.99. The molecule has 0 aliphatic carbocycles. The van der Waals surface area contributed by atoms with Crippen molar-refractivity contribution in [3.05, 3.63) is 80.7 Å². The minimum Gasteiger partial charge on any atom is -0.356 e. The minimum atomic E-state index is -1.51. The van der Waals surface area contributed by atoms with Gasteiger partial charge in [0, 0.05) is 24.8 Å². The van der Waals surface area contributed by atoms with Crippen molar-refractivity contribution in [3.63, 3.8) is 0 Å². The molecule has 1 N–H and O–H groups in total. The summed E-state index contributed by atoms with van der Waals surface area (Å²) >= 11 is 0. The summed E-state index contributed by atoms with van der Waals surface area (Å²) in [6, 6.07) is 8.30. The summed E-state index contributed by atoms with van der Waals surface area (Å²) < 4.78 is 30.1. The van der Waals surface area contributed by atoms with Gasteiger partial charge in [0.05, 0.1) is 17.4 Å². The Balaban J connectivity index is 2.20. The molecule has 1 amide bonds. The summed E-state index contributed by atoms with van der Waals surface area (Å²) in [5.74, 6) is -1.11. The van der Waals surface area contributed by atoms with Crippen molar-refractivity contribution in [2.45, 2.75) is 33.5 Å². The molecule has 0 saturated carbocycles. The number of carbonyl (C=O) groups excluding carboxylic acids is 1. The predicted molar refractivity (Wildman–Crippen MR) is 114 cm³/mol. The molecule has 156 valence electrons. The number of benzene rings is 2. The average Bonchev–Trinajstić information content (AvgIpc) is 2.67. The van der Waals surface area contributed by atoms with Crippen LogP contribution in [0.5, 0.6) is 0 Å². The highest BCUT2D eigenvalue weighted by atomic mass is 19.1. The number of hydrogen-bond acceptors (Lipinski definition) is 3. The molecule has 0 spiro atoms. The SMILES string of the molecule is CNC(=O)/C=C/c1cc2c(=O)n(Cc3cc(C)cc(C)c3)c(C(C)F)nc2cc1F. The van der Waals surface area contributed by atoms with Gasteiger partial charge in [-0.3, -0.25) is 14.2 Å². The fourth-order valence-electron chi connectivity index (χ4n) is 3.45. The first-order valence-corrected chi connectivity index (χ1v) is 9.54. The molecule has 2 aromatic carbocycles. The van der Waals surface area contributed by atoms with Gasteiger partial charge in [-0.2, -0.15) is 0 Å². The number of nitrogens with zero attached hydrogens (tertiary/aromatic N) is 2. The highest BCUT2D eigenvalue weighted by Crippen LogP contribution is 2.21. The number of aryl methyl sites for hydroxylation is 2. The van der Waals surface area contributed by atoms with Gasteiger partial charge in [-0.1, -0.05) is 29.3 Å². The van der Waals surface area contributed by atoms with E-state index in [1.54, 1.807) is 0 Å². The third kappa shape index (κ3) is 4.45. The van der Waals surface area contributed by atoms with Crippen LogP contribution >= 0.6 is 0 Å². The van der Waals surface area contributed by atoms with Crippen LogP contribution in [0.25, 0.3) is 17.0 Å². The molecule has 1 heterocycles. The number of likely N-dealkylation sites (N-methyl/N-ethyl adjacent to an activating group) is 1. The van der Waals surface area contributed by atoms with Crippen molar-refractivity contribution in [1.82, 2.24) is 14.9 Å². The maximum Gasteiger partial charge on any atom is 0.261 e. The maximum absolute atomic E-state index is 14.4. The maximum atomic E-state index is 14.4. The van der Waals surface area contributed by atoms with Gasteiger partial charge < -0.3 is 5.32 Å². The third-order valence-electron chi connectivity index (χ3n) is 4.74. The lowest BCUT2D eigenvalue weighted by Crippen LogP contribution is -2.26. The summed E-state index contributed by atoms with van der Waals surface area (Å²) in [7, 11) is 1.46. The molecule has 7 heteroatoms. The van der Waals surface area contributed by atoms with Gasteiger partial charge in [0.2, 0.25) is 5.91 Å². The van der Waals surface area contributed by atoms with Gasteiger partial charge in [0.25, 0.3) is 5.56 Å². The first kappa shape index (κ1) is 21.4. The van der Waals surface area contributed by atoms with Crippen molar-refractivity contribution < 1.29 is 13.6 Å². The molecule has 0 fully saturated rings. The second kappa shape index (κ2) is 8.57. The molecule has 0 aliphatic heterocycles. The largest absolute Gasteiger partial charge is 0.356 e. The Kier molecular flexibility index (Phi) is 6.10. The van der Waals surface area contributed by atoms with Crippen LogP contribution < -0.4 is 10.9 Å².